The van der Waals surface area contributed by atoms with Gasteiger partial charge in [-0.2, -0.15) is 0 Å². The second-order valence-corrected chi connectivity index (χ2v) is 6.70. The van der Waals surface area contributed by atoms with Crippen molar-refractivity contribution in [3.8, 4) is 0 Å². The van der Waals surface area contributed by atoms with Crippen LogP contribution in [-0.4, -0.2) is 49.7 Å². The molecule has 0 aromatic heterocycles. The summed E-state index contributed by atoms with van der Waals surface area (Å²) < 4.78 is 0. The number of nitrogens with zero attached hydrogens (tertiary/aromatic N) is 1. The highest BCUT2D eigenvalue weighted by Gasteiger charge is 2.47. The van der Waals surface area contributed by atoms with Gasteiger partial charge < -0.3 is 10.6 Å². The lowest BCUT2D eigenvalue weighted by atomic mass is 9.72. The average molecular weight is 307 g/mol. The van der Waals surface area contributed by atoms with Crippen LogP contribution in [-0.2, 0) is 0 Å². The molecule has 0 spiro atoms. The zero-order valence-corrected chi connectivity index (χ0v) is 13.5. The van der Waals surface area contributed by atoms with Gasteiger partial charge >= 0.3 is 0 Å². The Morgan fingerprint density at radius 2 is 1.22 bits per heavy atom. The SMILES string of the molecule is c1ccc(C(c2ccccc2)C23CNCCN2CCNC3)cc1. The molecule has 3 nitrogen and oxygen atoms in total. The fraction of sp³-hybridized carbons (Fsp3) is 0.400. The van der Waals surface area contributed by atoms with Crippen molar-refractivity contribution in [1.82, 2.24) is 15.5 Å². The summed E-state index contributed by atoms with van der Waals surface area (Å²) in [6.45, 7) is 6.54. The Morgan fingerprint density at radius 3 is 1.70 bits per heavy atom. The highest BCUT2D eigenvalue weighted by atomic mass is 15.3. The molecule has 120 valence electrons. The summed E-state index contributed by atoms with van der Waals surface area (Å²) in [6, 6.07) is 22.0. The van der Waals surface area contributed by atoms with Crippen molar-refractivity contribution in [3.05, 3.63) is 71.8 Å². The molecule has 0 amide bonds. The molecule has 2 aliphatic rings. The van der Waals surface area contributed by atoms with Crippen LogP contribution >= 0.6 is 0 Å². The quantitative estimate of drug-likeness (QED) is 0.909. The number of hydrogen-bond acceptors (Lipinski definition) is 3. The zero-order chi connectivity index (χ0) is 15.5. The van der Waals surface area contributed by atoms with E-state index in [4.69, 9.17) is 0 Å². The standard InChI is InChI=1S/C20H25N3/c1-3-7-17(8-4-1)19(18-9-5-2-6-10-18)20-15-21-11-13-23(20)14-12-22-16-20/h1-10,19,21-22H,11-16H2. The van der Waals surface area contributed by atoms with Crippen LogP contribution in [0.15, 0.2) is 60.7 Å². The van der Waals surface area contributed by atoms with Crippen molar-refractivity contribution >= 4 is 0 Å². The Labute approximate surface area is 138 Å². The van der Waals surface area contributed by atoms with Crippen LogP contribution in [0.3, 0.4) is 0 Å². The molecule has 2 fully saturated rings. The molecule has 2 heterocycles. The first-order chi connectivity index (χ1) is 11.4. The predicted molar refractivity (Wildman–Crippen MR) is 94.8 cm³/mol. The summed E-state index contributed by atoms with van der Waals surface area (Å²) in [7, 11) is 0. The first kappa shape index (κ1) is 14.9. The minimum Gasteiger partial charge on any atom is -0.314 e. The van der Waals surface area contributed by atoms with E-state index in [-0.39, 0.29) is 5.54 Å². The van der Waals surface area contributed by atoms with E-state index in [1.807, 2.05) is 0 Å². The van der Waals surface area contributed by atoms with Gasteiger partial charge in [-0.3, -0.25) is 4.90 Å². The molecule has 0 bridgehead atoms. The van der Waals surface area contributed by atoms with Gasteiger partial charge in [-0.05, 0) is 11.1 Å². The van der Waals surface area contributed by atoms with E-state index < -0.39 is 0 Å². The summed E-state index contributed by atoms with van der Waals surface area (Å²) in [5.74, 6) is 0.380. The maximum atomic E-state index is 3.66. The molecule has 0 aliphatic carbocycles. The maximum Gasteiger partial charge on any atom is 0.0568 e. The molecular formula is C20H25N3. The van der Waals surface area contributed by atoms with Crippen LogP contribution in [0.2, 0.25) is 0 Å². The van der Waals surface area contributed by atoms with Gasteiger partial charge in [0.15, 0.2) is 0 Å². The Morgan fingerprint density at radius 1 is 0.739 bits per heavy atom. The van der Waals surface area contributed by atoms with Crippen LogP contribution in [0, 0.1) is 0 Å². The first-order valence-electron chi connectivity index (χ1n) is 8.66. The largest absolute Gasteiger partial charge is 0.314 e. The van der Waals surface area contributed by atoms with Crippen LogP contribution in [0.1, 0.15) is 17.0 Å². The van der Waals surface area contributed by atoms with E-state index in [2.05, 4.69) is 76.2 Å². The van der Waals surface area contributed by atoms with E-state index in [1.165, 1.54) is 11.1 Å². The van der Waals surface area contributed by atoms with E-state index in [1.54, 1.807) is 0 Å². The molecule has 0 radical (unpaired) electrons. The Hall–Kier alpha value is -1.68. The number of benzene rings is 2. The number of rotatable bonds is 3. The van der Waals surface area contributed by atoms with E-state index >= 15 is 0 Å². The molecule has 2 aromatic carbocycles. The summed E-state index contributed by atoms with van der Waals surface area (Å²) in [6.07, 6.45) is 0. The number of piperazine rings is 2. The van der Waals surface area contributed by atoms with Crippen molar-refractivity contribution in [2.24, 2.45) is 0 Å². The number of nitrogens with one attached hydrogen (secondary N) is 2. The third-order valence-electron chi connectivity index (χ3n) is 5.41. The van der Waals surface area contributed by atoms with Gasteiger partial charge in [0.2, 0.25) is 0 Å². The minimum atomic E-state index is 0.110. The molecule has 2 saturated heterocycles. The van der Waals surface area contributed by atoms with Crippen molar-refractivity contribution in [2.45, 2.75) is 11.5 Å². The second-order valence-electron chi connectivity index (χ2n) is 6.70. The third kappa shape index (κ3) is 2.69. The third-order valence-corrected chi connectivity index (χ3v) is 5.41. The molecule has 0 atom stereocenters. The molecule has 23 heavy (non-hydrogen) atoms. The lowest BCUT2D eigenvalue weighted by Crippen LogP contribution is -2.71. The monoisotopic (exact) mass is 307 g/mol. The average Bonchev–Trinajstić information content (AvgIpc) is 2.64. The Bertz CT molecular complexity index is 574. The van der Waals surface area contributed by atoms with Gasteiger partial charge in [-0.25, -0.2) is 0 Å². The number of fused-ring (bicyclic) bond motifs is 1. The summed E-state index contributed by atoms with van der Waals surface area (Å²) in [5.41, 5.74) is 2.94. The van der Waals surface area contributed by atoms with Crippen molar-refractivity contribution < 1.29 is 0 Å². The molecule has 2 aromatic rings. The Balaban J connectivity index is 1.84. The molecule has 0 unspecified atom stereocenters. The fourth-order valence-corrected chi connectivity index (χ4v) is 4.37. The topological polar surface area (TPSA) is 27.3 Å². The van der Waals surface area contributed by atoms with E-state index in [0.717, 1.165) is 39.3 Å². The summed E-state index contributed by atoms with van der Waals surface area (Å²) >= 11 is 0. The van der Waals surface area contributed by atoms with Crippen LogP contribution in [0.25, 0.3) is 0 Å². The summed E-state index contributed by atoms with van der Waals surface area (Å²) in [5, 5.41) is 7.33. The van der Waals surface area contributed by atoms with Gasteiger partial charge in [0.25, 0.3) is 0 Å². The van der Waals surface area contributed by atoms with Gasteiger partial charge in [0.05, 0.1) is 5.54 Å². The molecule has 3 heteroatoms. The number of hydrogen-bond donors (Lipinski definition) is 2. The first-order valence-corrected chi connectivity index (χ1v) is 8.66. The minimum absolute atomic E-state index is 0.110. The van der Waals surface area contributed by atoms with Gasteiger partial charge in [-0.15, -0.1) is 0 Å². The van der Waals surface area contributed by atoms with E-state index in [9.17, 15) is 0 Å². The lowest BCUT2D eigenvalue weighted by molar-refractivity contribution is 0.0238. The van der Waals surface area contributed by atoms with Crippen LogP contribution in [0.4, 0.5) is 0 Å². The second kappa shape index (κ2) is 6.44. The molecule has 2 aliphatic heterocycles. The van der Waals surface area contributed by atoms with E-state index in [0.29, 0.717) is 5.92 Å². The molecule has 4 rings (SSSR count). The van der Waals surface area contributed by atoms with Gasteiger partial charge in [0.1, 0.15) is 0 Å². The molecule has 0 saturated carbocycles. The van der Waals surface area contributed by atoms with Crippen LogP contribution in [0.5, 0.6) is 0 Å². The van der Waals surface area contributed by atoms with Crippen molar-refractivity contribution in [1.29, 1.82) is 0 Å². The predicted octanol–water partition coefficient (Wildman–Crippen LogP) is 2.07. The normalized spacial score (nSPS) is 21.1. The maximum absolute atomic E-state index is 3.66. The molecule has 2 N–H and O–H groups in total. The highest BCUT2D eigenvalue weighted by molar-refractivity contribution is 5.38. The lowest BCUT2D eigenvalue weighted by Gasteiger charge is -2.55. The van der Waals surface area contributed by atoms with Gasteiger partial charge in [-0.1, -0.05) is 60.7 Å². The Kier molecular flexibility index (Phi) is 4.17. The van der Waals surface area contributed by atoms with Crippen molar-refractivity contribution in [3.63, 3.8) is 0 Å². The fourth-order valence-electron chi connectivity index (χ4n) is 4.37. The van der Waals surface area contributed by atoms with Gasteiger partial charge in [0, 0.05) is 45.2 Å². The smallest absolute Gasteiger partial charge is 0.0568 e. The molecular weight excluding hydrogens is 282 g/mol. The van der Waals surface area contributed by atoms with Crippen molar-refractivity contribution in [2.75, 3.05) is 39.3 Å². The summed E-state index contributed by atoms with van der Waals surface area (Å²) in [4.78, 5) is 2.71. The zero-order valence-electron chi connectivity index (χ0n) is 13.5. The highest BCUT2D eigenvalue weighted by Crippen LogP contribution is 2.40. The van der Waals surface area contributed by atoms with Crippen LogP contribution < -0.4 is 10.6 Å².